The highest BCUT2D eigenvalue weighted by Crippen LogP contribution is 2.27. The quantitative estimate of drug-likeness (QED) is 0.473. The maximum absolute atomic E-state index is 10.8. The molecule has 1 atom stereocenters. The molecule has 0 spiro atoms. The monoisotopic (exact) mass is 300 g/mol. The molecule has 17 heavy (non-hydrogen) atoms. The lowest BCUT2D eigenvalue weighted by Crippen LogP contribution is -2.27. The number of benzene rings is 1. The molecule has 1 aromatic rings. The van der Waals surface area contributed by atoms with Crippen molar-refractivity contribution in [1.82, 2.24) is 0 Å². The third-order valence-electron chi connectivity index (χ3n) is 3.06. The fraction of sp³-hybridized carbons (Fsp3) is 0.500. The van der Waals surface area contributed by atoms with Crippen LogP contribution in [0.15, 0.2) is 18.2 Å². The number of hydrogen-bond acceptors (Lipinski definition) is 3. The molecule has 5 heteroatoms. The first kappa shape index (κ1) is 14.0. The second-order valence-corrected chi connectivity index (χ2v) is 4.63. The highest BCUT2D eigenvalue weighted by molar-refractivity contribution is 9.08. The van der Waals surface area contributed by atoms with E-state index in [0.717, 1.165) is 12.1 Å². The number of hydrogen-bond donors (Lipinski definition) is 0. The molecule has 0 N–H and O–H groups in total. The molecule has 1 unspecified atom stereocenters. The van der Waals surface area contributed by atoms with Crippen LogP contribution in [0.4, 0.5) is 11.4 Å². The fourth-order valence-electron chi connectivity index (χ4n) is 1.60. The second kappa shape index (κ2) is 6.00. The van der Waals surface area contributed by atoms with Gasteiger partial charge in [-0.15, -0.1) is 0 Å². The van der Waals surface area contributed by atoms with Crippen molar-refractivity contribution in [2.24, 2.45) is 0 Å². The SMILES string of the molecule is CCC(C)N(C)c1ccc([N+](=O)[O-])c(CBr)c1. The lowest BCUT2D eigenvalue weighted by molar-refractivity contribution is -0.385. The van der Waals surface area contributed by atoms with Crippen molar-refractivity contribution in [2.45, 2.75) is 31.6 Å². The van der Waals surface area contributed by atoms with Crippen molar-refractivity contribution in [2.75, 3.05) is 11.9 Å². The van der Waals surface area contributed by atoms with E-state index in [2.05, 4.69) is 34.7 Å². The second-order valence-electron chi connectivity index (χ2n) is 4.07. The van der Waals surface area contributed by atoms with Gasteiger partial charge in [0.15, 0.2) is 0 Å². The molecule has 0 fully saturated rings. The summed E-state index contributed by atoms with van der Waals surface area (Å²) < 4.78 is 0. The molecule has 0 bridgehead atoms. The summed E-state index contributed by atoms with van der Waals surface area (Å²) in [5.74, 6) is 0. The van der Waals surface area contributed by atoms with Crippen molar-refractivity contribution in [3.63, 3.8) is 0 Å². The average Bonchev–Trinajstić information content (AvgIpc) is 2.35. The molecule has 0 heterocycles. The standard InChI is InChI=1S/C12H17BrN2O2/c1-4-9(2)14(3)11-5-6-12(15(16)17)10(7-11)8-13/h5-7,9H,4,8H2,1-3H3. The van der Waals surface area contributed by atoms with E-state index in [1.165, 1.54) is 0 Å². The normalized spacial score (nSPS) is 12.2. The van der Waals surface area contributed by atoms with E-state index in [4.69, 9.17) is 0 Å². The summed E-state index contributed by atoms with van der Waals surface area (Å²) in [6.45, 7) is 4.26. The summed E-state index contributed by atoms with van der Waals surface area (Å²) >= 11 is 3.29. The molecule has 4 nitrogen and oxygen atoms in total. The summed E-state index contributed by atoms with van der Waals surface area (Å²) in [6.07, 6.45) is 1.04. The molecule has 0 radical (unpaired) electrons. The number of anilines is 1. The minimum Gasteiger partial charge on any atom is -0.372 e. The van der Waals surface area contributed by atoms with Gasteiger partial charge in [-0.2, -0.15) is 0 Å². The number of rotatable bonds is 5. The maximum atomic E-state index is 10.8. The zero-order valence-corrected chi connectivity index (χ0v) is 11.9. The number of nitro groups is 1. The lowest BCUT2D eigenvalue weighted by atomic mass is 10.1. The van der Waals surface area contributed by atoms with Crippen LogP contribution < -0.4 is 4.90 Å². The summed E-state index contributed by atoms with van der Waals surface area (Å²) in [6, 6.07) is 5.67. The Balaban J connectivity index is 3.09. The van der Waals surface area contributed by atoms with Gasteiger partial charge in [-0.1, -0.05) is 22.9 Å². The predicted molar refractivity (Wildman–Crippen MR) is 73.9 cm³/mol. The Labute approximate surface area is 110 Å². The van der Waals surface area contributed by atoms with Gasteiger partial charge in [-0.25, -0.2) is 0 Å². The molecule has 0 aliphatic carbocycles. The minimum absolute atomic E-state index is 0.170. The number of halogens is 1. The zero-order chi connectivity index (χ0) is 13.0. The Bertz CT molecular complexity index is 409. The van der Waals surface area contributed by atoms with E-state index in [1.807, 2.05) is 13.1 Å². The van der Waals surface area contributed by atoms with Crippen LogP contribution in [0.25, 0.3) is 0 Å². The van der Waals surface area contributed by atoms with E-state index in [-0.39, 0.29) is 10.6 Å². The van der Waals surface area contributed by atoms with Crippen molar-refractivity contribution in [3.05, 3.63) is 33.9 Å². The first-order chi connectivity index (χ1) is 8.01. The van der Waals surface area contributed by atoms with Crippen LogP contribution in [0.1, 0.15) is 25.8 Å². The van der Waals surface area contributed by atoms with Gasteiger partial charge in [0.25, 0.3) is 5.69 Å². The van der Waals surface area contributed by atoms with Gasteiger partial charge in [-0.05, 0) is 25.5 Å². The van der Waals surface area contributed by atoms with Gasteiger partial charge in [0.2, 0.25) is 0 Å². The maximum Gasteiger partial charge on any atom is 0.273 e. The molecule has 0 aromatic heterocycles. The van der Waals surface area contributed by atoms with Gasteiger partial charge in [0, 0.05) is 35.7 Å². The Morgan fingerprint density at radius 2 is 2.18 bits per heavy atom. The summed E-state index contributed by atoms with van der Waals surface area (Å²) in [5.41, 5.74) is 1.89. The Kier molecular flexibility index (Phi) is 4.93. The molecule has 0 aliphatic rings. The Morgan fingerprint density at radius 1 is 1.53 bits per heavy atom. The topological polar surface area (TPSA) is 46.4 Å². The lowest BCUT2D eigenvalue weighted by Gasteiger charge is -2.26. The van der Waals surface area contributed by atoms with Crippen LogP contribution in [0.2, 0.25) is 0 Å². The molecule has 0 aliphatic heterocycles. The van der Waals surface area contributed by atoms with Crippen molar-refractivity contribution >= 4 is 27.3 Å². The molecule has 0 amide bonds. The van der Waals surface area contributed by atoms with Crippen LogP contribution in [0.5, 0.6) is 0 Å². The smallest absolute Gasteiger partial charge is 0.273 e. The van der Waals surface area contributed by atoms with Gasteiger partial charge in [0.05, 0.1) is 4.92 Å². The van der Waals surface area contributed by atoms with Gasteiger partial charge in [-0.3, -0.25) is 10.1 Å². The molecule has 0 saturated carbocycles. The van der Waals surface area contributed by atoms with Crippen molar-refractivity contribution in [1.29, 1.82) is 0 Å². The van der Waals surface area contributed by atoms with Crippen LogP contribution >= 0.6 is 15.9 Å². The third-order valence-corrected chi connectivity index (χ3v) is 3.67. The van der Waals surface area contributed by atoms with E-state index in [0.29, 0.717) is 16.9 Å². The van der Waals surface area contributed by atoms with E-state index < -0.39 is 0 Å². The van der Waals surface area contributed by atoms with Crippen molar-refractivity contribution < 1.29 is 4.92 Å². The zero-order valence-electron chi connectivity index (χ0n) is 10.3. The van der Waals surface area contributed by atoms with E-state index >= 15 is 0 Å². The van der Waals surface area contributed by atoms with Crippen LogP contribution in [0.3, 0.4) is 0 Å². The molecular formula is C12H17BrN2O2. The predicted octanol–water partition coefficient (Wildman–Crippen LogP) is 3.72. The number of nitro benzene ring substituents is 1. The Hall–Kier alpha value is -1.10. The Morgan fingerprint density at radius 3 is 2.65 bits per heavy atom. The molecular weight excluding hydrogens is 284 g/mol. The number of nitrogens with zero attached hydrogens (tertiary/aromatic N) is 2. The molecule has 0 saturated heterocycles. The van der Waals surface area contributed by atoms with Gasteiger partial charge < -0.3 is 4.90 Å². The van der Waals surface area contributed by atoms with E-state index in [9.17, 15) is 10.1 Å². The van der Waals surface area contributed by atoms with Gasteiger partial charge in [0.1, 0.15) is 0 Å². The summed E-state index contributed by atoms with van der Waals surface area (Å²) in [7, 11) is 2.01. The van der Waals surface area contributed by atoms with Crippen molar-refractivity contribution in [3.8, 4) is 0 Å². The van der Waals surface area contributed by atoms with Crippen LogP contribution in [0, 0.1) is 10.1 Å². The van der Waals surface area contributed by atoms with E-state index in [1.54, 1.807) is 12.1 Å². The molecule has 1 aromatic carbocycles. The molecule has 94 valence electrons. The minimum atomic E-state index is -0.344. The average molecular weight is 301 g/mol. The van der Waals surface area contributed by atoms with Gasteiger partial charge >= 0.3 is 0 Å². The fourth-order valence-corrected chi connectivity index (χ4v) is 2.05. The number of alkyl halides is 1. The third kappa shape index (κ3) is 3.19. The largest absolute Gasteiger partial charge is 0.372 e. The van der Waals surface area contributed by atoms with Crippen LogP contribution in [-0.2, 0) is 5.33 Å². The van der Waals surface area contributed by atoms with Crippen LogP contribution in [-0.4, -0.2) is 18.0 Å². The molecule has 1 rings (SSSR count). The first-order valence-electron chi connectivity index (χ1n) is 5.57. The first-order valence-corrected chi connectivity index (χ1v) is 6.69. The summed E-state index contributed by atoms with van der Waals surface area (Å²) in [4.78, 5) is 12.6. The highest BCUT2D eigenvalue weighted by atomic mass is 79.9. The summed E-state index contributed by atoms with van der Waals surface area (Å²) in [5, 5.41) is 11.3. The highest BCUT2D eigenvalue weighted by Gasteiger charge is 2.15.